The first kappa shape index (κ1) is 15.2. The molecule has 1 unspecified atom stereocenters. The Kier molecular flexibility index (Phi) is 6.40. The quantitative estimate of drug-likeness (QED) is 0.759. The Hall–Kier alpha value is -0.780. The number of ether oxygens (including phenoxy) is 1. The fourth-order valence-electron chi connectivity index (χ4n) is 1.65. The predicted molar refractivity (Wildman–Crippen MR) is 63.9 cm³/mol. The van der Waals surface area contributed by atoms with Crippen molar-refractivity contribution in [3.05, 3.63) is 18.0 Å². The summed E-state index contributed by atoms with van der Waals surface area (Å²) in [6.07, 6.45) is 1.75. The second-order valence-corrected chi connectivity index (χ2v) is 3.36. The molecule has 0 radical (unpaired) electrons. The van der Waals surface area contributed by atoms with Gasteiger partial charge in [-0.3, -0.25) is 9.48 Å². The molecular weight excluding hydrogens is 253 g/mol. The van der Waals surface area contributed by atoms with Crippen LogP contribution in [0.25, 0.3) is 0 Å². The van der Waals surface area contributed by atoms with Crippen LogP contribution in [0.1, 0.15) is 5.69 Å². The fourth-order valence-corrected chi connectivity index (χ4v) is 1.65. The van der Waals surface area contributed by atoms with Gasteiger partial charge in [0, 0.05) is 19.3 Å². The van der Waals surface area contributed by atoms with E-state index in [-0.39, 0.29) is 36.7 Å². The monoisotopic (exact) mass is 267 g/mol. The topological polar surface area (TPSA) is 56.1 Å². The summed E-state index contributed by atoms with van der Waals surface area (Å²) in [7, 11) is 1.41. The minimum Gasteiger partial charge on any atom is -0.469 e. The van der Waals surface area contributed by atoms with E-state index in [1.165, 1.54) is 7.11 Å². The van der Waals surface area contributed by atoms with Gasteiger partial charge in [0.15, 0.2) is 0 Å². The maximum absolute atomic E-state index is 11.3. The maximum atomic E-state index is 11.3. The highest BCUT2D eigenvalue weighted by Gasteiger charge is 2.23. The second kappa shape index (κ2) is 6.73. The van der Waals surface area contributed by atoms with Crippen molar-refractivity contribution in [2.45, 2.75) is 13.1 Å². The SMILES string of the molecule is COC(=O)C1CNCc2ccnn2C1.Cl.Cl. The molecule has 1 aromatic rings. The van der Waals surface area contributed by atoms with Gasteiger partial charge in [-0.05, 0) is 6.07 Å². The van der Waals surface area contributed by atoms with Crippen molar-refractivity contribution < 1.29 is 9.53 Å². The Balaban J connectivity index is 0.00000112. The molecule has 0 aliphatic carbocycles. The van der Waals surface area contributed by atoms with Gasteiger partial charge in [-0.1, -0.05) is 0 Å². The van der Waals surface area contributed by atoms with Gasteiger partial charge in [0.05, 0.1) is 25.3 Å². The van der Waals surface area contributed by atoms with Crippen LogP contribution in [0.2, 0.25) is 0 Å². The van der Waals surface area contributed by atoms with Crippen LogP contribution in [-0.4, -0.2) is 29.4 Å². The average Bonchev–Trinajstić information content (AvgIpc) is 2.54. The normalized spacial score (nSPS) is 18.4. The molecule has 0 spiro atoms. The van der Waals surface area contributed by atoms with E-state index in [0.29, 0.717) is 13.1 Å². The van der Waals surface area contributed by atoms with Crippen LogP contribution < -0.4 is 5.32 Å². The third kappa shape index (κ3) is 3.10. The molecule has 0 saturated heterocycles. The largest absolute Gasteiger partial charge is 0.469 e. The predicted octanol–water partition coefficient (Wildman–Crippen LogP) is 0.619. The van der Waals surface area contributed by atoms with Crippen molar-refractivity contribution in [2.24, 2.45) is 5.92 Å². The summed E-state index contributed by atoms with van der Waals surface area (Å²) >= 11 is 0. The highest BCUT2D eigenvalue weighted by atomic mass is 35.5. The molecule has 2 rings (SSSR count). The molecular formula is C9H15Cl2N3O2. The van der Waals surface area contributed by atoms with E-state index >= 15 is 0 Å². The van der Waals surface area contributed by atoms with Gasteiger partial charge in [0.1, 0.15) is 0 Å². The summed E-state index contributed by atoms with van der Waals surface area (Å²) in [6.45, 7) is 2.01. The maximum Gasteiger partial charge on any atom is 0.311 e. The Morgan fingerprint density at radius 1 is 1.62 bits per heavy atom. The lowest BCUT2D eigenvalue weighted by molar-refractivity contribution is -0.145. The lowest BCUT2D eigenvalue weighted by atomic mass is 10.1. The second-order valence-electron chi connectivity index (χ2n) is 3.36. The third-order valence-electron chi connectivity index (χ3n) is 2.43. The van der Waals surface area contributed by atoms with Gasteiger partial charge in [-0.25, -0.2) is 0 Å². The summed E-state index contributed by atoms with van der Waals surface area (Å²) in [4.78, 5) is 11.3. The molecule has 0 amide bonds. The molecule has 0 fully saturated rings. The van der Waals surface area contributed by atoms with E-state index in [1.807, 2.05) is 10.7 Å². The molecule has 92 valence electrons. The lowest BCUT2D eigenvalue weighted by Crippen LogP contribution is -2.29. The molecule has 1 atom stereocenters. The van der Waals surface area contributed by atoms with E-state index in [1.54, 1.807) is 6.20 Å². The summed E-state index contributed by atoms with van der Waals surface area (Å²) in [6, 6.07) is 1.95. The van der Waals surface area contributed by atoms with Crippen molar-refractivity contribution in [3.8, 4) is 0 Å². The minimum atomic E-state index is -0.180. The number of methoxy groups -OCH3 is 1. The number of esters is 1. The highest BCUT2D eigenvalue weighted by molar-refractivity contribution is 5.85. The number of hydrogen-bond acceptors (Lipinski definition) is 4. The summed E-state index contributed by atoms with van der Waals surface area (Å²) in [5.74, 6) is -0.318. The van der Waals surface area contributed by atoms with Gasteiger partial charge < -0.3 is 10.1 Å². The molecule has 0 saturated carbocycles. The Morgan fingerprint density at radius 3 is 3.06 bits per heavy atom. The van der Waals surface area contributed by atoms with Gasteiger partial charge in [0.25, 0.3) is 0 Å². The van der Waals surface area contributed by atoms with Crippen LogP contribution in [0.5, 0.6) is 0 Å². The number of carbonyl (C=O) groups excluding carboxylic acids is 1. The molecule has 16 heavy (non-hydrogen) atoms. The molecule has 1 N–H and O–H groups in total. The van der Waals surface area contributed by atoms with Crippen LogP contribution >= 0.6 is 24.8 Å². The zero-order valence-corrected chi connectivity index (χ0v) is 10.5. The summed E-state index contributed by atoms with van der Waals surface area (Å²) < 4.78 is 6.57. The number of carbonyl (C=O) groups is 1. The zero-order chi connectivity index (χ0) is 9.97. The first-order chi connectivity index (χ1) is 6.81. The number of fused-ring (bicyclic) bond motifs is 1. The van der Waals surface area contributed by atoms with Gasteiger partial charge >= 0.3 is 5.97 Å². The van der Waals surface area contributed by atoms with E-state index in [0.717, 1.165) is 12.2 Å². The first-order valence-corrected chi connectivity index (χ1v) is 4.60. The number of nitrogens with zero attached hydrogens (tertiary/aromatic N) is 2. The van der Waals surface area contributed by atoms with E-state index in [2.05, 4.69) is 10.4 Å². The van der Waals surface area contributed by atoms with Crippen molar-refractivity contribution in [2.75, 3.05) is 13.7 Å². The Morgan fingerprint density at radius 2 is 2.38 bits per heavy atom. The van der Waals surface area contributed by atoms with Crippen LogP contribution in [-0.2, 0) is 22.6 Å². The van der Waals surface area contributed by atoms with Gasteiger partial charge in [-0.2, -0.15) is 5.10 Å². The summed E-state index contributed by atoms with van der Waals surface area (Å²) in [5.41, 5.74) is 1.11. The zero-order valence-electron chi connectivity index (χ0n) is 8.88. The molecule has 1 aliphatic heterocycles. The standard InChI is InChI=1S/C9H13N3O2.2ClH/c1-14-9(13)7-4-10-5-8-2-3-11-12(8)6-7;;/h2-3,7,10H,4-6H2,1H3;2*1H. The number of halogens is 2. The average molecular weight is 268 g/mol. The van der Waals surface area contributed by atoms with Gasteiger partial charge in [-0.15, -0.1) is 24.8 Å². The van der Waals surface area contributed by atoms with E-state index in [4.69, 9.17) is 4.74 Å². The number of nitrogens with one attached hydrogen (secondary N) is 1. The highest BCUT2D eigenvalue weighted by Crippen LogP contribution is 2.10. The number of aromatic nitrogens is 2. The molecule has 0 bridgehead atoms. The van der Waals surface area contributed by atoms with Crippen molar-refractivity contribution in [1.29, 1.82) is 0 Å². The smallest absolute Gasteiger partial charge is 0.311 e. The van der Waals surface area contributed by atoms with E-state index in [9.17, 15) is 4.79 Å². The molecule has 1 aromatic heterocycles. The van der Waals surface area contributed by atoms with Crippen LogP contribution in [0, 0.1) is 5.92 Å². The first-order valence-electron chi connectivity index (χ1n) is 4.60. The Bertz CT molecular complexity index is 343. The van der Waals surface area contributed by atoms with Crippen molar-refractivity contribution >= 4 is 30.8 Å². The van der Waals surface area contributed by atoms with Crippen LogP contribution in [0.4, 0.5) is 0 Å². The van der Waals surface area contributed by atoms with Crippen LogP contribution in [0.3, 0.4) is 0 Å². The fraction of sp³-hybridized carbons (Fsp3) is 0.556. The van der Waals surface area contributed by atoms with Crippen LogP contribution in [0.15, 0.2) is 12.3 Å². The molecule has 2 heterocycles. The van der Waals surface area contributed by atoms with Crippen molar-refractivity contribution in [1.82, 2.24) is 15.1 Å². The summed E-state index contributed by atoms with van der Waals surface area (Å²) in [5, 5.41) is 7.35. The van der Waals surface area contributed by atoms with E-state index < -0.39 is 0 Å². The van der Waals surface area contributed by atoms with Crippen molar-refractivity contribution in [3.63, 3.8) is 0 Å². The van der Waals surface area contributed by atoms with Gasteiger partial charge in [0.2, 0.25) is 0 Å². The third-order valence-corrected chi connectivity index (χ3v) is 2.43. The number of hydrogen-bond donors (Lipinski definition) is 1. The molecule has 1 aliphatic rings. The molecule has 0 aromatic carbocycles. The lowest BCUT2D eigenvalue weighted by Gasteiger charge is -2.11. The Labute approximate surface area is 106 Å². The minimum absolute atomic E-state index is 0. The molecule has 5 nitrogen and oxygen atoms in total. The molecule has 7 heteroatoms. The number of rotatable bonds is 1.